The van der Waals surface area contributed by atoms with Gasteiger partial charge in [-0.25, -0.2) is 9.97 Å². The van der Waals surface area contributed by atoms with Gasteiger partial charge in [-0.2, -0.15) is 0 Å². The molecule has 30 heavy (non-hydrogen) atoms. The summed E-state index contributed by atoms with van der Waals surface area (Å²) >= 11 is 3.49. The Balaban J connectivity index is 1.68. The van der Waals surface area contributed by atoms with E-state index in [9.17, 15) is 0 Å². The van der Waals surface area contributed by atoms with Gasteiger partial charge in [0.25, 0.3) is 0 Å². The largest absolute Gasteiger partial charge is 0.353 e. The van der Waals surface area contributed by atoms with Crippen molar-refractivity contribution >= 4 is 32.9 Å². The second-order valence-electron chi connectivity index (χ2n) is 7.54. The van der Waals surface area contributed by atoms with Crippen molar-refractivity contribution in [2.45, 2.75) is 32.0 Å². The molecule has 2 aromatic heterocycles. The standard InChI is InChI=1S/C22H29BrN6O/c1-2-30-21(18-7-5-9-20(23)26-18)29-19-8-4-3-6-17(19)27-22(29)25-16-10-13-28(14-11-16)15-12-24/h3-9,16,21H,2,10-15,24H2,1H3,(H,25,27). The van der Waals surface area contributed by atoms with E-state index in [1.165, 1.54) is 0 Å². The number of benzene rings is 1. The number of nitrogens with zero attached hydrogens (tertiary/aromatic N) is 4. The number of likely N-dealkylation sites (tertiary alicyclic amines) is 1. The minimum absolute atomic E-state index is 0.361. The summed E-state index contributed by atoms with van der Waals surface area (Å²) in [5, 5.41) is 3.70. The van der Waals surface area contributed by atoms with Gasteiger partial charge in [-0.1, -0.05) is 18.2 Å². The Morgan fingerprint density at radius 2 is 1.97 bits per heavy atom. The molecule has 1 aliphatic rings. The molecule has 0 amide bonds. The molecule has 3 N–H and O–H groups in total. The molecule has 3 heterocycles. The second kappa shape index (κ2) is 9.87. The van der Waals surface area contributed by atoms with Gasteiger partial charge in [0.05, 0.1) is 16.7 Å². The normalized spacial score (nSPS) is 16.8. The summed E-state index contributed by atoms with van der Waals surface area (Å²) in [5.74, 6) is 0.828. The highest BCUT2D eigenvalue weighted by atomic mass is 79.9. The summed E-state index contributed by atoms with van der Waals surface area (Å²) < 4.78 is 9.12. The van der Waals surface area contributed by atoms with Crippen molar-refractivity contribution in [2.24, 2.45) is 5.73 Å². The fourth-order valence-electron chi connectivity index (χ4n) is 4.06. The molecule has 1 saturated heterocycles. The summed E-state index contributed by atoms with van der Waals surface area (Å²) in [7, 11) is 0. The lowest BCUT2D eigenvalue weighted by atomic mass is 10.1. The predicted molar refractivity (Wildman–Crippen MR) is 124 cm³/mol. The first kappa shape index (κ1) is 21.2. The molecule has 7 nitrogen and oxygen atoms in total. The summed E-state index contributed by atoms with van der Waals surface area (Å²) in [4.78, 5) is 12.0. The third kappa shape index (κ3) is 4.67. The number of imidazole rings is 1. The van der Waals surface area contributed by atoms with Crippen LogP contribution >= 0.6 is 15.9 Å². The monoisotopic (exact) mass is 472 g/mol. The lowest BCUT2D eigenvalue weighted by molar-refractivity contribution is 0.0419. The molecule has 1 unspecified atom stereocenters. The van der Waals surface area contributed by atoms with E-state index in [0.717, 1.165) is 59.8 Å². The number of ether oxygens (including phenoxy) is 1. The number of para-hydroxylation sites is 2. The van der Waals surface area contributed by atoms with E-state index in [4.69, 9.17) is 15.5 Å². The Morgan fingerprint density at radius 3 is 2.70 bits per heavy atom. The number of fused-ring (bicyclic) bond motifs is 1. The van der Waals surface area contributed by atoms with Crippen LogP contribution in [-0.2, 0) is 4.74 Å². The Kier molecular flexibility index (Phi) is 6.99. The lowest BCUT2D eigenvalue weighted by Crippen LogP contribution is -2.41. The zero-order valence-electron chi connectivity index (χ0n) is 17.3. The minimum Gasteiger partial charge on any atom is -0.353 e. The van der Waals surface area contributed by atoms with E-state index >= 15 is 0 Å². The minimum atomic E-state index is -0.361. The van der Waals surface area contributed by atoms with Gasteiger partial charge in [0, 0.05) is 38.8 Å². The Morgan fingerprint density at radius 1 is 1.17 bits per heavy atom. The number of aromatic nitrogens is 3. The Bertz CT molecular complexity index is 969. The molecule has 1 fully saturated rings. The summed E-state index contributed by atoms with van der Waals surface area (Å²) in [6, 6.07) is 14.4. The number of pyridine rings is 1. The molecule has 1 aliphatic heterocycles. The quantitative estimate of drug-likeness (QED) is 0.487. The third-order valence-corrected chi connectivity index (χ3v) is 5.95. The number of rotatable bonds is 8. The molecule has 0 radical (unpaired) electrons. The smallest absolute Gasteiger partial charge is 0.206 e. The number of anilines is 1. The van der Waals surface area contributed by atoms with Crippen LogP contribution in [-0.4, -0.2) is 58.3 Å². The van der Waals surface area contributed by atoms with Crippen LogP contribution in [0.5, 0.6) is 0 Å². The SMILES string of the molecule is CCOC(c1cccc(Br)n1)n1c(NC2CCN(CCN)CC2)nc2ccccc21. The second-order valence-corrected chi connectivity index (χ2v) is 8.35. The van der Waals surface area contributed by atoms with Crippen LogP contribution in [0.25, 0.3) is 11.0 Å². The van der Waals surface area contributed by atoms with Crippen LogP contribution in [0.15, 0.2) is 47.1 Å². The highest BCUT2D eigenvalue weighted by molar-refractivity contribution is 9.10. The van der Waals surface area contributed by atoms with Crippen molar-refractivity contribution in [3.63, 3.8) is 0 Å². The van der Waals surface area contributed by atoms with Crippen LogP contribution in [0.3, 0.4) is 0 Å². The number of hydrogen-bond acceptors (Lipinski definition) is 6. The van der Waals surface area contributed by atoms with Crippen molar-refractivity contribution in [1.82, 2.24) is 19.4 Å². The maximum atomic E-state index is 6.19. The molecule has 0 saturated carbocycles. The summed E-state index contributed by atoms with van der Waals surface area (Å²) in [5.41, 5.74) is 8.53. The fourth-order valence-corrected chi connectivity index (χ4v) is 4.42. The Hall–Kier alpha value is -2.00. The molecule has 160 valence electrons. The predicted octanol–water partition coefficient (Wildman–Crippen LogP) is 3.61. The van der Waals surface area contributed by atoms with Crippen molar-refractivity contribution in [2.75, 3.05) is 38.1 Å². The topological polar surface area (TPSA) is 81.2 Å². The number of hydrogen-bond donors (Lipinski definition) is 2. The first-order valence-electron chi connectivity index (χ1n) is 10.6. The number of nitrogens with two attached hydrogens (primary N) is 1. The van der Waals surface area contributed by atoms with Gasteiger partial charge >= 0.3 is 0 Å². The van der Waals surface area contributed by atoms with Crippen molar-refractivity contribution in [3.8, 4) is 0 Å². The van der Waals surface area contributed by atoms with Crippen molar-refractivity contribution < 1.29 is 4.74 Å². The van der Waals surface area contributed by atoms with Gasteiger partial charge in [-0.15, -0.1) is 0 Å². The van der Waals surface area contributed by atoms with Crippen LogP contribution in [0.4, 0.5) is 5.95 Å². The molecule has 0 spiro atoms. The molecule has 1 aromatic carbocycles. The van der Waals surface area contributed by atoms with E-state index in [0.29, 0.717) is 19.2 Å². The number of halogens is 1. The highest BCUT2D eigenvalue weighted by Crippen LogP contribution is 2.30. The zero-order chi connectivity index (χ0) is 20.9. The van der Waals surface area contributed by atoms with E-state index in [2.05, 4.69) is 41.8 Å². The molecule has 8 heteroatoms. The molecular formula is C22H29BrN6O. The lowest BCUT2D eigenvalue weighted by Gasteiger charge is -2.32. The van der Waals surface area contributed by atoms with E-state index in [-0.39, 0.29) is 6.23 Å². The van der Waals surface area contributed by atoms with Gasteiger partial charge < -0.3 is 20.7 Å². The van der Waals surface area contributed by atoms with E-state index in [1.807, 2.05) is 43.3 Å². The average Bonchev–Trinajstić information content (AvgIpc) is 3.11. The maximum Gasteiger partial charge on any atom is 0.206 e. The van der Waals surface area contributed by atoms with Gasteiger partial charge in [-0.05, 0) is 60.0 Å². The molecule has 4 rings (SSSR count). The zero-order valence-corrected chi connectivity index (χ0v) is 18.9. The molecule has 0 bridgehead atoms. The van der Waals surface area contributed by atoms with Gasteiger partial charge in [0.1, 0.15) is 4.60 Å². The molecule has 3 aromatic rings. The molecule has 1 atom stereocenters. The van der Waals surface area contributed by atoms with Crippen molar-refractivity contribution in [1.29, 1.82) is 0 Å². The number of nitrogens with one attached hydrogen (secondary N) is 1. The van der Waals surface area contributed by atoms with Gasteiger partial charge in [0.15, 0.2) is 6.23 Å². The molecular weight excluding hydrogens is 444 g/mol. The van der Waals surface area contributed by atoms with E-state index in [1.54, 1.807) is 0 Å². The first-order valence-corrected chi connectivity index (χ1v) is 11.4. The number of piperidine rings is 1. The maximum absolute atomic E-state index is 6.19. The van der Waals surface area contributed by atoms with Crippen LogP contribution < -0.4 is 11.1 Å². The van der Waals surface area contributed by atoms with Gasteiger partial charge in [0.2, 0.25) is 5.95 Å². The summed E-state index contributed by atoms with van der Waals surface area (Å²) in [6.45, 7) is 6.36. The Labute approximate surface area is 185 Å². The fraction of sp³-hybridized carbons (Fsp3) is 0.455. The first-order chi connectivity index (χ1) is 14.7. The highest BCUT2D eigenvalue weighted by Gasteiger charge is 2.25. The van der Waals surface area contributed by atoms with Crippen molar-refractivity contribution in [3.05, 3.63) is 52.8 Å². The summed E-state index contributed by atoms with van der Waals surface area (Å²) in [6.07, 6.45) is 1.77. The van der Waals surface area contributed by atoms with Crippen LogP contribution in [0.2, 0.25) is 0 Å². The molecule has 0 aliphatic carbocycles. The van der Waals surface area contributed by atoms with Gasteiger partial charge in [-0.3, -0.25) is 4.57 Å². The van der Waals surface area contributed by atoms with Crippen LogP contribution in [0.1, 0.15) is 31.7 Å². The average molecular weight is 473 g/mol. The third-order valence-electron chi connectivity index (χ3n) is 5.51. The van der Waals surface area contributed by atoms with Crippen LogP contribution in [0, 0.1) is 0 Å². The van der Waals surface area contributed by atoms with E-state index < -0.39 is 0 Å².